The van der Waals surface area contributed by atoms with Gasteiger partial charge in [-0.15, -0.1) is 0 Å². The minimum atomic E-state index is -0.244. The summed E-state index contributed by atoms with van der Waals surface area (Å²) in [5.74, 6) is -0.244. The molecule has 1 aliphatic heterocycles. The lowest BCUT2D eigenvalue weighted by Crippen LogP contribution is -2.31. The third kappa shape index (κ3) is 3.70. The summed E-state index contributed by atoms with van der Waals surface area (Å²) >= 11 is 0. The van der Waals surface area contributed by atoms with Crippen LogP contribution in [0.1, 0.15) is 18.4 Å². The molecule has 18 heavy (non-hydrogen) atoms. The highest BCUT2D eigenvalue weighted by atomic mass is 16.5. The van der Waals surface area contributed by atoms with E-state index in [9.17, 15) is 4.79 Å². The second-order valence-corrected chi connectivity index (χ2v) is 4.63. The maximum atomic E-state index is 11.2. The summed E-state index contributed by atoms with van der Waals surface area (Å²) in [6, 6.07) is 10.4. The van der Waals surface area contributed by atoms with Gasteiger partial charge in [-0.05, 0) is 30.5 Å². The highest BCUT2D eigenvalue weighted by Crippen LogP contribution is 2.17. The Morgan fingerprint density at radius 2 is 2.17 bits per heavy atom. The molecule has 1 fully saturated rings. The Bertz CT molecular complexity index is 425. The van der Waals surface area contributed by atoms with E-state index in [1.807, 2.05) is 6.07 Å². The van der Waals surface area contributed by atoms with E-state index in [1.165, 1.54) is 18.2 Å². The number of nitrogens with zero attached hydrogens (tertiary/aromatic N) is 1. The molecule has 0 radical (unpaired) electrons. The van der Waals surface area contributed by atoms with Gasteiger partial charge in [-0.25, -0.2) is 4.79 Å². The molecule has 1 heterocycles. The average molecular weight is 245 g/mol. The average Bonchev–Trinajstić information content (AvgIpc) is 2.40. The van der Waals surface area contributed by atoms with Gasteiger partial charge in [0.15, 0.2) is 0 Å². The first-order valence-corrected chi connectivity index (χ1v) is 6.31. The number of likely N-dealkylation sites (tertiary alicyclic amines) is 1. The number of ether oxygens (including phenoxy) is 1. The molecule has 0 amide bonds. The number of methoxy groups -OCH3 is 1. The van der Waals surface area contributed by atoms with Crippen LogP contribution in [0.25, 0.3) is 0 Å². The molecule has 0 aliphatic carbocycles. The van der Waals surface area contributed by atoms with E-state index in [-0.39, 0.29) is 5.97 Å². The lowest BCUT2D eigenvalue weighted by molar-refractivity contribution is -0.134. The van der Waals surface area contributed by atoms with E-state index in [4.69, 9.17) is 0 Å². The summed E-state index contributed by atoms with van der Waals surface area (Å²) in [6.07, 6.45) is 3.74. The molecule has 1 aromatic rings. The molecule has 0 aromatic heterocycles. The molecule has 3 nitrogen and oxygen atoms in total. The smallest absolute Gasteiger partial charge is 0.330 e. The van der Waals surface area contributed by atoms with E-state index < -0.39 is 0 Å². The van der Waals surface area contributed by atoms with E-state index in [0.717, 1.165) is 32.5 Å². The highest BCUT2D eigenvalue weighted by molar-refractivity contribution is 5.82. The zero-order valence-corrected chi connectivity index (χ0v) is 10.8. The normalized spacial score (nSPS) is 18.8. The fourth-order valence-corrected chi connectivity index (χ4v) is 2.30. The first kappa shape index (κ1) is 12.8. The molecule has 1 aliphatic rings. The minimum Gasteiger partial charge on any atom is -0.466 e. The Hall–Kier alpha value is -1.61. The van der Waals surface area contributed by atoms with Crippen molar-refractivity contribution in [3.8, 4) is 0 Å². The number of hydrogen-bond donors (Lipinski definition) is 0. The van der Waals surface area contributed by atoms with Crippen LogP contribution in [0.2, 0.25) is 0 Å². The lowest BCUT2D eigenvalue weighted by atomic mass is 10.0. The van der Waals surface area contributed by atoms with Crippen LogP contribution in [0.15, 0.2) is 42.0 Å². The Labute approximate surface area is 108 Å². The fourth-order valence-electron chi connectivity index (χ4n) is 2.30. The zero-order chi connectivity index (χ0) is 12.8. The molecule has 1 aromatic carbocycles. The summed E-state index contributed by atoms with van der Waals surface area (Å²) in [6.45, 7) is 2.90. The Balaban J connectivity index is 1.95. The molecule has 3 heteroatoms. The minimum absolute atomic E-state index is 0.244. The highest BCUT2D eigenvalue weighted by Gasteiger charge is 2.15. The van der Waals surface area contributed by atoms with Crippen LogP contribution >= 0.6 is 0 Å². The monoisotopic (exact) mass is 245 g/mol. The number of rotatable bonds is 3. The Morgan fingerprint density at radius 3 is 2.89 bits per heavy atom. The molecule has 0 atom stereocenters. The van der Waals surface area contributed by atoms with E-state index in [0.29, 0.717) is 0 Å². The summed E-state index contributed by atoms with van der Waals surface area (Å²) in [4.78, 5) is 13.6. The molecule has 96 valence electrons. The second-order valence-electron chi connectivity index (χ2n) is 4.63. The number of carbonyl (C=O) groups is 1. The zero-order valence-electron chi connectivity index (χ0n) is 10.8. The van der Waals surface area contributed by atoms with Crippen LogP contribution in [0.5, 0.6) is 0 Å². The molecule has 0 spiro atoms. The quantitative estimate of drug-likeness (QED) is 0.605. The van der Waals surface area contributed by atoms with Gasteiger partial charge in [-0.2, -0.15) is 0 Å². The Morgan fingerprint density at radius 1 is 1.39 bits per heavy atom. The van der Waals surface area contributed by atoms with Gasteiger partial charge in [0.05, 0.1) is 7.11 Å². The molecule has 1 saturated heterocycles. The fraction of sp³-hybridized carbons (Fsp3) is 0.400. The molecule has 2 rings (SSSR count). The molecule has 0 saturated carbocycles. The van der Waals surface area contributed by atoms with Crippen molar-refractivity contribution >= 4 is 5.97 Å². The van der Waals surface area contributed by atoms with E-state index in [2.05, 4.69) is 33.9 Å². The van der Waals surface area contributed by atoms with Crippen LogP contribution in [0, 0.1) is 0 Å². The third-order valence-corrected chi connectivity index (χ3v) is 3.17. The van der Waals surface area contributed by atoms with Crippen LogP contribution in [-0.2, 0) is 16.1 Å². The topological polar surface area (TPSA) is 29.5 Å². The van der Waals surface area contributed by atoms with Gasteiger partial charge in [0.1, 0.15) is 0 Å². The van der Waals surface area contributed by atoms with Gasteiger partial charge < -0.3 is 4.74 Å². The van der Waals surface area contributed by atoms with Crippen molar-refractivity contribution < 1.29 is 9.53 Å². The number of hydrogen-bond acceptors (Lipinski definition) is 3. The van der Waals surface area contributed by atoms with Gasteiger partial charge in [0, 0.05) is 19.2 Å². The van der Waals surface area contributed by atoms with E-state index in [1.54, 1.807) is 6.08 Å². The van der Waals surface area contributed by atoms with Gasteiger partial charge >= 0.3 is 5.97 Å². The summed E-state index contributed by atoms with van der Waals surface area (Å²) in [5.41, 5.74) is 2.49. The standard InChI is InChI=1S/C15H19NO2/c1-18-15(17)10-14-8-5-9-16(12-14)11-13-6-3-2-4-7-13/h2-4,6-7,10H,5,8-9,11-12H2,1H3. The number of benzene rings is 1. The molecule has 0 unspecified atom stereocenters. The number of esters is 1. The number of piperidine rings is 1. The number of carbonyl (C=O) groups excluding carboxylic acids is 1. The Kier molecular flexibility index (Phi) is 4.53. The van der Waals surface area contributed by atoms with Crippen LogP contribution in [0.3, 0.4) is 0 Å². The van der Waals surface area contributed by atoms with Crippen molar-refractivity contribution in [2.75, 3.05) is 20.2 Å². The van der Waals surface area contributed by atoms with Gasteiger partial charge in [0.2, 0.25) is 0 Å². The lowest BCUT2D eigenvalue weighted by Gasteiger charge is -2.28. The molecule has 0 bridgehead atoms. The van der Waals surface area contributed by atoms with Gasteiger partial charge in [-0.1, -0.05) is 30.3 Å². The first-order chi connectivity index (χ1) is 8.78. The van der Waals surface area contributed by atoms with Crippen molar-refractivity contribution in [2.24, 2.45) is 0 Å². The van der Waals surface area contributed by atoms with Gasteiger partial charge in [0.25, 0.3) is 0 Å². The van der Waals surface area contributed by atoms with Crippen LogP contribution in [-0.4, -0.2) is 31.1 Å². The van der Waals surface area contributed by atoms with Crippen molar-refractivity contribution in [2.45, 2.75) is 19.4 Å². The maximum Gasteiger partial charge on any atom is 0.330 e. The van der Waals surface area contributed by atoms with E-state index >= 15 is 0 Å². The third-order valence-electron chi connectivity index (χ3n) is 3.17. The molecular formula is C15H19NO2. The second kappa shape index (κ2) is 6.36. The van der Waals surface area contributed by atoms with Crippen molar-refractivity contribution in [3.05, 3.63) is 47.5 Å². The predicted octanol–water partition coefficient (Wildman–Crippen LogP) is 2.38. The van der Waals surface area contributed by atoms with Crippen molar-refractivity contribution in [3.63, 3.8) is 0 Å². The predicted molar refractivity (Wildman–Crippen MR) is 71.1 cm³/mol. The molecule has 0 N–H and O–H groups in total. The first-order valence-electron chi connectivity index (χ1n) is 6.31. The summed E-state index contributed by atoms with van der Waals surface area (Å²) < 4.78 is 4.67. The van der Waals surface area contributed by atoms with Crippen molar-refractivity contribution in [1.82, 2.24) is 4.90 Å². The van der Waals surface area contributed by atoms with Crippen LogP contribution in [0.4, 0.5) is 0 Å². The summed E-state index contributed by atoms with van der Waals surface area (Å²) in [7, 11) is 1.42. The SMILES string of the molecule is COC(=O)C=C1CCCN(Cc2ccccc2)C1. The van der Waals surface area contributed by atoms with Crippen LogP contribution < -0.4 is 0 Å². The largest absolute Gasteiger partial charge is 0.466 e. The maximum absolute atomic E-state index is 11.2. The summed E-state index contributed by atoms with van der Waals surface area (Å²) in [5, 5.41) is 0. The molecular weight excluding hydrogens is 226 g/mol. The van der Waals surface area contributed by atoms with Crippen molar-refractivity contribution in [1.29, 1.82) is 0 Å². The van der Waals surface area contributed by atoms with Gasteiger partial charge in [-0.3, -0.25) is 4.90 Å².